The normalized spacial score (nSPS) is 12.7. The average Bonchev–Trinajstić information content (AvgIpc) is 2.18. The Morgan fingerprint density at radius 3 is 1.75 bits per heavy atom. The van der Waals surface area contributed by atoms with Crippen LogP contribution in [0.5, 0.6) is 0 Å². The monoisotopic (exact) mass is 294 g/mol. The minimum Gasteiger partial charge on any atom is -0.781 e. The molecule has 0 amide bonds. The Kier molecular flexibility index (Phi) is 14.3. The minimum absolute atomic E-state index is 0. The van der Waals surface area contributed by atoms with Crippen LogP contribution < -0.4 is 9.79 Å². The van der Waals surface area contributed by atoms with Gasteiger partial charge in [-0.1, -0.05) is 30.3 Å². The molecule has 0 spiro atoms. The molecule has 1 rings (SSSR count). The Bertz CT molecular complexity index is 312. The van der Waals surface area contributed by atoms with Crippen molar-refractivity contribution in [3.8, 4) is 0 Å². The Morgan fingerprint density at radius 2 is 1.56 bits per heavy atom. The summed E-state index contributed by atoms with van der Waals surface area (Å²) in [5.74, 6) is 0.612. The first-order valence-electron chi connectivity index (χ1n) is 3.76. The van der Waals surface area contributed by atoms with Crippen LogP contribution in [0.2, 0.25) is 0 Å². The molecule has 0 aliphatic rings. The van der Waals surface area contributed by atoms with Crippen LogP contribution in [0.15, 0.2) is 30.3 Å². The molecule has 86 valence electrons. The summed E-state index contributed by atoms with van der Waals surface area (Å²) < 4.78 is 21.8. The summed E-state index contributed by atoms with van der Waals surface area (Å²) in [5, 5.41) is 0. The third-order valence-corrected chi connectivity index (χ3v) is 2.81. The number of hydrogen-bond acceptors (Lipinski definition) is 5. The summed E-state index contributed by atoms with van der Waals surface area (Å²) in [5.41, 5.74) is 1.18. The van der Waals surface area contributed by atoms with E-state index < -0.39 is 16.5 Å². The third kappa shape index (κ3) is 12.7. The van der Waals surface area contributed by atoms with E-state index in [4.69, 9.17) is 11.6 Å². The second-order valence-electron chi connectivity index (χ2n) is 2.22. The van der Waals surface area contributed by atoms with Crippen LogP contribution in [0, 0.1) is 0 Å². The number of rotatable bonds is 3. The number of benzene rings is 1. The van der Waals surface area contributed by atoms with E-state index in [9.17, 15) is 18.9 Å². The first-order valence-corrected chi connectivity index (χ1v) is 6.74. The van der Waals surface area contributed by atoms with Gasteiger partial charge in [0.1, 0.15) is 16.5 Å². The van der Waals surface area contributed by atoms with Gasteiger partial charge in [0, 0.05) is 5.88 Å². The SMILES string of the molecule is ClCc1ccccc1.O=[PH]([O-])O[PH](=O)[O-].[Mg+2]. The van der Waals surface area contributed by atoms with Crippen molar-refractivity contribution in [3.63, 3.8) is 0 Å². The molecule has 5 nitrogen and oxygen atoms in total. The summed E-state index contributed by atoms with van der Waals surface area (Å²) in [6, 6.07) is 9.96. The molecule has 16 heavy (non-hydrogen) atoms. The summed E-state index contributed by atoms with van der Waals surface area (Å²) in [6.45, 7) is 0. The van der Waals surface area contributed by atoms with E-state index in [1.807, 2.05) is 30.3 Å². The molecule has 1 aromatic rings. The second kappa shape index (κ2) is 12.1. The smallest absolute Gasteiger partial charge is 0.781 e. The Labute approximate surface area is 116 Å². The van der Waals surface area contributed by atoms with Crippen LogP contribution in [0.4, 0.5) is 0 Å². The molecular formula is C7H9ClMgO5P2. The fraction of sp³-hybridized carbons (Fsp3) is 0.143. The van der Waals surface area contributed by atoms with Crippen molar-refractivity contribution < 1.29 is 23.2 Å². The third-order valence-electron chi connectivity index (χ3n) is 1.16. The van der Waals surface area contributed by atoms with Gasteiger partial charge in [0.2, 0.25) is 0 Å². The minimum atomic E-state index is -3.51. The molecule has 9 heteroatoms. The van der Waals surface area contributed by atoms with Gasteiger partial charge in [-0.25, -0.2) is 0 Å². The molecule has 0 aromatic heterocycles. The summed E-state index contributed by atoms with van der Waals surface area (Å²) in [6.07, 6.45) is 0. The van der Waals surface area contributed by atoms with E-state index in [1.54, 1.807) is 0 Å². The van der Waals surface area contributed by atoms with E-state index in [0.29, 0.717) is 5.88 Å². The largest absolute Gasteiger partial charge is 2.00 e. The molecule has 2 unspecified atom stereocenters. The molecule has 0 fully saturated rings. The zero-order valence-corrected chi connectivity index (χ0v) is 12.4. The van der Waals surface area contributed by atoms with Crippen molar-refractivity contribution >= 4 is 51.2 Å². The zero-order valence-electron chi connectivity index (χ0n) is 8.22. The molecular weight excluding hydrogens is 286 g/mol. The fourth-order valence-electron chi connectivity index (χ4n) is 0.635. The fourth-order valence-corrected chi connectivity index (χ4v) is 1.36. The summed E-state index contributed by atoms with van der Waals surface area (Å²) in [7, 11) is -7.03. The topological polar surface area (TPSA) is 89.5 Å². The van der Waals surface area contributed by atoms with Gasteiger partial charge in [-0.05, 0) is 5.56 Å². The van der Waals surface area contributed by atoms with Gasteiger partial charge in [-0.2, -0.15) is 0 Å². The predicted octanol–water partition coefficient (Wildman–Crippen LogP) is 0.548. The Morgan fingerprint density at radius 1 is 1.12 bits per heavy atom. The molecule has 0 heterocycles. The van der Waals surface area contributed by atoms with E-state index in [-0.39, 0.29) is 23.1 Å². The summed E-state index contributed by atoms with van der Waals surface area (Å²) in [4.78, 5) is 18.6. The maximum Gasteiger partial charge on any atom is 2.00 e. The first kappa shape index (κ1) is 19.0. The van der Waals surface area contributed by atoms with Crippen molar-refractivity contribution in [2.24, 2.45) is 0 Å². The van der Waals surface area contributed by atoms with Crippen LogP contribution in [0.25, 0.3) is 0 Å². The molecule has 0 saturated heterocycles. The van der Waals surface area contributed by atoms with E-state index in [0.717, 1.165) is 0 Å². The van der Waals surface area contributed by atoms with Crippen LogP contribution in [0.1, 0.15) is 5.56 Å². The molecule has 0 radical (unpaired) electrons. The van der Waals surface area contributed by atoms with E-state index in [1.165, 1.54) is 5.56 Å². The van der Waals surface area contributed by atoms with Gasteiger partial charge in [-0.3, -0.25) is 4.31 Å². The quantitative estimate of drug-likeness (QED) is 0.461. The molecule has 0 aliphatic carbocycles. The first-order chi connectivity index (χ1) is 7.06. The van der Waals surface area contributed by atoms with Crippen molar-refractivity contribution in [1.82, 2.24) is 0 Å². The van der Waals surface area contributed by atoms with Crippen molar-refractivity contribution in [2.45, 2.75) is 5.88 Å². The van der Waals surface area contributed by atoms with Crippen molar-refractivity contribution in [1.29, 1.82) is 0 Å². The maximum atomic E-state index is 9.29. The Hall–Kier alpha value is 0.616. The molecule has 0 N–H and O–H groups in total. The van der Waals surface area contributed by atoms with Gasteiger partial charge in [-0.15, -0.1) is 11.6 Å². The van der Waals surface area contributed by atoms with Gasteiger partial charge >= 0.3 is 23.1 Å². The van der Waals surface area contributed by atoms with Gasteiger partial charge in [0.25, 0.3) is 0 Å². The Balaban J connectivity index is 0. The average molecular weight is 295 g/mol. The zero-order chi connectivity index (χ0) is 11.7. The second-order valence-corrected chi connectivity index (χ2v) is 4.31. The molecule has 0 saturated carbocycles. The molecule has 2 atom stereocenters. The number of hydrogen-bond donors (Lipinski definition) is 0. The van der Waals surface area contributed by atoms with Gasteiger partial charge < -0.3 is 18.9 Å². The maximum absolute atomic E-state index is 9.29. The summed E-state index contributed by atoms with van der Waals surface area (Å²) >= 11 is 5.53. The van der Waals surface area contributed by atoms with Crippen LogP contribution in [-0.4, -0.2) is 23.1 Å². The van der Waals surface area contributed by atoms with Crippen LogP contribution >= 0.6 is 28.1 Å². The predicted molar refractivity (Wildman–Crippen MR) is 60.8 cm³/mol. The van der Waals surface area contributed by atoms with E-state index >= 15 is 0 Å². The van der Waals surface area contributed by atoms with Crippen molar-refractivity contribution in [2.75, 3.05) is 0 Å². The van der Waals surface area contributed by atoms with E-state index in [2.05, 4.69) is 4.31 Å². The van der Waals surface area contributed by atoms with Crippen LogP contribution in [0.3, 0.4) is 0 Å². The van der Waals surface area contributed by atoms with Crippen molar-refractivity contribution in [3.05, 3.63) is 35.9 Å². The molecule has 0 aliphatic heterocycles. The standard InChI is InChI=1S/C7H7Cl.Mg.H4O5P2/c8-6-7-4-2-1-3-5-7;;1-6(2)5-7(3)4/h1-5H,6H2;;6-7H,(H,1,2)(H,3,4)/q;+2;/p-2. The molecule has 0 bridgehead atoms. The van der Waals surface area contributed by atoms with Gasteiger partial charge in [0.15, 0.2) is 0 Å². The number of halogens is 1. The number of alkyl halides is 1. The van der Waals surface area contributed by atoms with Crippen LogP contribution in [-0.2, 0) is 19.3 Å². The molecule has 1 aromatic carbocycles. The van der Waals surface area contributed by atoms with Gasteiger partial charge in [0.05, 0.1) is 0 Å².